The summed E-state index contributed by atoms with van der Waals surface area (Å²) in [6.45, 7) is 1.96. The van der Waals surface area contributed by atoms with Crippen LogP contribution in [-0.2, 0) is 9.59 Å². The second-order valence-electron chi connectivity index (χ2n) is 5.19. The third-order valence-electron chi connectivity index (χ3n) is 3.33. The Kier molecular flexibility index (Phi) is 7.30. The first-order valence-electron chi connectivity index (χ1n) is 8.18. The molecule has 26 heavy (non-hydrogen) atoms. The molecule has 2 N–H and O–H groups in total. The molecule has 0 fully saturated rings. The van der Waals surface area contributed by atoms with Crippen LogP contribution in [0.5, 0.6) is 17.2 Å². The highest BCUT2D eigenvalue weighted by Crippen LogP contribution is 2.25. The first-order valence-corrected chi connectivity index (χ1v) is 8.18. The fourth-order valence-corrected chi connectivity index (χ4v) is 2.16. The van der Waals surface area contributed by atoms with E-state index in [1.807, 2.05) is 13.0 Å². The second-order valence-corrected chi connectivity index (χ2v) is 5.19. The van der Waals surface area contributed by atoms with Crippen LogP contribution in [0.4, 0.5) is 5.69 Å². The van der Waals surface area contributed by atoms with Crippen molar-refractivity contribution in [1.29, 1.82) is 0 Å². The Morgan fingerprint density at radius 3 is 2.23 bits per heavy atom. The zero-order valence-corrected chi connectivity index (χ0v) is 14.8. The van der Waals surface area contributed by atoms with E-state index < -0.39 is 5.91 Å². The van der Waals surface area contributed by atoms with Gasteiger partial charge in [0.15, 0.2) is 18.1 Å². The van der Waals surface area contributed by atoms with Gasteiger partial charge in [-0.15, -0.1) is 0 Å². The van der Waals surface area contributed by atoms with Crippen LogP contribution in [0.1, 0.15) is 6.92 Å². The largest absolute Gasteiger partial charge is 0.493 e. The highest BCUT2D eigenvalue weighted by molar-refractivity contribution is 5.95. The maximum absolute atomic E-state index is 12.0. The van der Waals surface area contributed by atoms with Crippen LogP contribution in [0.2, 0.25) is 0 Å². The Balaban J connectivity index is 1.79. The molecule has 0 saturated carbocycles. The smallest absolute Gasteiger partial charge is 0.258 e. The predicted molar refractivity (Wildman–Crippen MR) is 97.7 cm³/mol. The third kappa shape index (κ3) is 5.70. The average molecular weight is 358 g/mol. The molecule has 0 aliphatic rings. The summed E-state index contributed by atoms with van der Waals surface area (Å²) in [6, 6.07) is 14.1. The maximum Gasteiger partial charge on any atom is 0.258 e. The summed E-state index contributed by atoms with van der Waals surface area (Å²) in [5, 5.41) is 5.21. The lowest BCUT2D eigenvalue weighted by molar-refractivity contribution is -0.125. The monoisotopic (exact) mass is 358 g/mol. The van der Waals surface area contributed by atoms with Gasteiger partial charge in [0, 0.05) is 0 Å². The van der Waals surface area contributed by atoms with Crippen molar-refractivity contribution >= 4 is 17.5 Å². The SMILES string of the molecule is CCOc1ccccc1NC(=O)CNC(=O)COc1ccccc1OC. The van der Waals surface area contributed by atoms with Crippen LogP contribution in [0.3, 0.4) is 0 Å². The molecule has 2 aromatic carbocycles. The van der Waals surface area contributed by atoms with Gasteiger partial charge in [-0.1, -0.05) is 24.3 Å². The fourth-order valence-electron chi connectivity index (χ4n) is 2.16. The van der Waals surface area contributed by atoms with Crippen molar-refractivity contribution in [2.45, 2.75) is 6.92 Å². The van der Waals surface area contributed by atoms with E-state index in [0.29, 0.717) is 29.5 Å². The summed E-state index contributed by atoms with van der Waals surface area (Å²) in [5.41, 5.74) is 0.555. The highest BCUT2D eigenvalue weighted by atomic mass is 16.5. The standard InChI is InChI=1S/C19H22N2O5/c1-3-25-15-9-5-4-8-14(15)21-18(22)12-20-19(23)13-26-17-11-7-6-10-16(17)24-2/h4-11H,3,12-13H2,1-2H3,(H,20,23)(H,21,22). The van der Waals surface area contributed by atoms with Crippen LogP contribution >= 0.6 is 0 Å². The summed E-state index contributed by atoms with van der Waals surface area (Å²) in [5.74, 6) is 0.798. The maximum atomic E-state index is 12.0. The van der Waals surface area contributed by atoms with Gasteiger partial charge in [-0.2, -0.15) is 0 Å². The Bertz CT molecular complexity index is 748. The summed E-state index contributed by atoms with van der Waals surface area (Å²) < 4.78 is 16.0. The fraction of sp³-hybridized carbons (Fsp3) is 0.263. The number of ether oxygens (including phenoxy) is 3. The van der Waals surface area contributed by atoms with Gasteiger partial charge in [-0.05, 0) is 31.2 Å². The lowest BCUT2D eigenvalue weighted by atomic mass is 10.3. The first kappa shape index (κ1) is 19.1. The van der Waals surface area contributed by atoms with E-state index in [2.05, 4.69) is 10.6 Å². The van der Waals surface area contributed by atoms with Crippen molar-refractivity contribution in [3.8, 4) is 17.2 Å². The number of hydrogen-bond acceptors (Lipinski definition) is 5. The topological polar surface area (TPSA) is 85.9 Å². The number of anilines is 1. The number of rotatable bonds is 9. The van der Waals surface area contributed by atoms with Crippen LogP contribution in [-0.4, -0.2) is 38.7 Å². The molecule has 7 nitrogen and oxygen atoms in total. The lowest BCUT2D eigenvalue weighted by Crippen LogP contribution is -2.35. The van der Waals surface area contributed by atoms with Crippen molar-refractivity contribution in [3.63, 3.8) is 0 Å². The van der Waals surface area contributed by atoms with Gasteiger partial charge in [0.05, 0.1) is 25.9 Å². The van der Waals surface area contributed by atoms with Gasteiger partial charge in [0.1, 0.15) is 5.75 Å². The van der Waals surface area contributed by atoms with Gasteiger partial charge < -0.3 is 24.8 Å². The first-order chi connectivity index (χ1) is 12.6. The minimum atomic E-state index is -0.413. The third-order valence-corrected chi connectivity index (χ3v) is 3.33. The molecular weight excluding hydrogens is 336 g/mol. The number of carbonyl (C=O) groups excluding carboxylic acids is 2. The van der Waals surface area contributed by atoms with Crippen molar-refractivity contribution < 1.29 is 23.8 Å². The normalized spacial score (nSPS) is 9.92. The van der Waals surface area contributed by atoms with Gasteiger partial charge in [-0.3, -0.25) is 9.59 Å². The molecular formula is C19H22N2O5. The van der Waals surface area contributed by atoms with E-state index >= 15 is 0 Å². The molecule has 2 aromatic rings. The highest BCUT2D eigenvalue weighted by Gasteiger charge is 2.10. The number of hydrogen-bond donors (Lipinski definition) is 2. The van der Waals surface area contributed by atoms with E-state index in [1.165, 1.54) is 7.11 Å². The zero-order valence-electron chi connectivity index (χ0n) is 14.8. The quantitative estimate of drug-likeness (QED) is 0.718. The number of benzene rings is 2. The van der Waals surface area contributed by atoms with Crippen LogP contribution in [0, 0.1) is 0 Å². The molecule has 138 valence electrons. The Morgan fingerprint density at radius 1 is 0.885 bits per heavy atom. The van der Waals surface area contributed by atoms with E-state index in [1.54, 1.807) is 42.5 Å². The van der Waals surface area contributed by atoms with Gasteiger partial charge in [0.25, 0.3) is 5.91 Å². The van der Waals surface area contributed by atoms with Gasteiger partial charge >= 0.3 is 0 Å². The zero-order chi connectivity index (χ0) is 18.8. The van der Waals surface area contributed by atoms with E-state index in [9.17, 15) is 9.59 Å². The molecule has 7 heteroatoms. The number of para-hydroxylation sites is 4. The lowest BCUT2D eigenvalue weighted by Gasteiger charge is -2.12. The molecule has 0 atom stereocenters. The molecule has 0 aliphatic heterocycles. The molecule has 2 amide bonds. The Hall–Kier alpha value is -3.22. The molecule has 0 aliphatic carbocycles. The van der Waals surface area contributed by atoms with Crippen LogP contribution in [0.25, 0.3) is 0 Å². The second kappa shape index (κ2) is 9.93. The number of carbonyl (C=O) groups is 2. The van der Waals surface area contributed by atoms with Crippen molar-refractivity contribution in [1.82, 2.24) is 5.32 Å². The van der Waals surface area contributed by atoms with Gasteiger partial charge in [-0.25, -0.2) is 0 Å². The number of methoxy groups -OCH3 is 1. The van der Waals surface area contributed by atoms with E-state index in [0.717, 1.165) is 0 Å². The van der Waals surface area contributed by atoms with E-state index in [-0.39, 0.29) is 19.1 Å². The van der Waals surface area contributed by atoms with Crippen molar-refractivity contribution in [2.75, 3.05) is 32.2 Å². The van der Waals surface area contributed by atoms with E-state index in [4.69, 9.17) is 14.2 Å². The van der Waals surface area contributed by atoms with Gasteiger partial charge in [0.2, 0.25) is 5.91 Å². The number of nitrogens with one attached hydrogen (secondary N) is 2. The molecule has 0 saturated heterocycles. The van der Waals surface area contributed by atoms with Crippen molar-refractivity contribution in [3.05, 3.63) is 48.5 Å². The molecule has 2 rings (SSSR count). The summed E-state index contributed by atoms with van der Waals surface area (Å²) >= 11 is 0. The van der Waals surface area contributed by atoms with Crippen molar-refractivity contribution in [2.24, 2.45) is 0 Å². The van der Waals surface area contributed by atoms with Crippen LogP contribution in [0.15, 0.2) is 48.5 Å². The minimum absolute atomic E-state index is 0.172. The molecule has 0 radical (unpaired) electrons. The Labute approximate surface area is 152 Å². The molecule has 0 unspecified atom stereocenters. The number of amides is 2. The average Bonchev–Trinajstić information content (AvgIpc) is 2.66. The molecule has 0 heterocycles. The Morgan fingerprint density at radius 2 is 1.54 bits per heavy atom. The summed E-state index contributed by atoms with van der Waals surface area (Å²) in [4.78, 5) is 23.9. The predicted octanol–water partition coefficient (Wildman–Crippen LogP) is 2.23. The molecule has 0 aromatic heterocycles. The molecule has 0 spiro atoms. The summed E-state index contributed by atoms with van der Waals surface area (Å²) in [7, 11) is 1.52. The summed E-state index contributed by atoms with van der Waals surface area (Å²) in [6.07, 6.45) is 0. The molecule has 0 bridgehead atoms. The van der Waals surface area contributed by atoms with Crippen LogP contribution < -0.4 is 24.8 Å². The minimum Gasteiger partial charge on any atom is -0.493 e.